The van der Waals surface area contributed by atoms with Crippen LogP contribution in [-0.4, -0.2) is 6.03 Å². The van der Waals surface area contributed by atoms with E-state index in [1.165, 1.54) is 24.3 Å². The molecule has 2 rings (SSSR count). The van der Waals surface area contributed by atoms with Crippen LogP contribution < -0.4 is 10.6 Å². The smallest absolute Gasteiger partial charge is 0.308 e. The number of carbonyl (C=O) groups is 1. The lowest BCUT2D eigenvalue weighted by atomic mass is 10.3. The number of para-hydroxylation sites is 1. The predicted octanol–water partition coefficient (Wildman–Crippen LogP) is 3.27. The van der Waals surface area contributed by atoms with Gasteiger partial charge in [0.1, 0.15) is 5.82 Å². The van der Waals surface area contributed by atoms with Crippen LogP contribution in [0.3, 0.4) is 0 Å². The Labute approximate surface area is 98.3 Å². The van der Waals surface area contributed by atoms with Gasteiger partial charge in [-0.3, -0.25) is 0 Å². The fraction of sp³-hybridized carbons (Fsp3) is 0. The zero-order valence-electron chi connectivity index (χ0n) is 8.91. The predicted molar refractivity (Wildman–Crippen MR) is 64.3 cm³/mol. The number of nitrogens with one attached hydrogen (secondary N) is 2. The van der Waals surface area contributed by atoms with E-state index in [9.17, 15) is 9.18 Å². The molecule has 85 valence electrons. The van der Waals surface area contributed by atoms with Crippen LogP contribution in [0.5, 0.6) is 0 Å². The van der Waals surface area contributed by atoms with Gasteiger partial charge in [-0.05, 0) is 30.3 Å². The zero-order valence-corrected chi connectivity index (χ0v) is 8.91. The molecule has 0 fully saturated rings. The van der Waals surface area contributed by atoms with Crippen molar-refractivity contribution in [2.24, 2.45) is 0 Å². The first kappa shape index (κ1) is 11.1. The number of urea groups is 1. The summed E-state index contributed by atoms with van der Waals surface area (Å²) in [6, 6.07) is 15.0. The molecule has 1 radical (unpaired) electrons. The number of benzene rings is 2. The Hall–Kier alpha value is -2.36. The molecule has 2 N–H and O–H groups in total. The summed E-state index contributed by atoms with van der Waals surface area (Å²) in [5.41, 5.74) is 1.10. The number of hydrogen-bond acceptors (Lipinski definition) is 1. The van der Waals surface area contributed by atoms with Gasteiger partial charge in [0.15, 0.2) is 0 Å². The van der Waals surface area contributed by atoms with Gasteiger partial charge in [0, 0.05) is 11.8 Å². The van der Waals surface area contributed by atoms with E-state index < -0.39 is 0 Å². The topological polar surface area (TPSA) is 41.1 Å². The van der Waals surface area contributed by atoms with Crippen molar-refractivity contribution in [2.45, 2.75) is 0 Å². The van der Waals surface area contributed by atoms with Crippen molar-refractivity contribution >= 4 is 17.4 Å². The second kappa shape index (κ2) is 5.12. The van der Waals surface area contributed by atoms with Crippen LogP contribution in [0.15, 0.2) is 48.5 Å². The van der Waals surface area contributed by atoms with Crippen molar-refractivity contribution in [1.82, 2.24) is 0 Å². The average Bonchev–Trinajstić information content (AvgIpc) is 2.33. The summed E-state index contributed by atoms with van der Waals surface area (Å²) in [7, 11) is 0. The van der Waals surface area contributed by atoms with E-state index in [4.69, 9.17) is 0 Å². The summed E-state index contributed by atoms with van der Waals surface area (Å²) in [6.45, 7) is 0. The molecule has 0 saturated carbocycles. The van der Waals surface area contributed by atoms with E-state index in [1.807, 2.05) is 6.07 Å². The van der Waals surface area contributed by atoms with Crippen LogP contribution >= 0.6 is 0 Å². The summed E-state index contributed by atoms with van der Waals surface area (Å²) >= 11 is 0. The van der Waals surface area contributed by atoms with E-state index in [1.54, 1.807) is 18.2 Å². The monoisotopic (exact) mass is 229 g/mol. The van der Waals surface area contributed by atoms with E-state index >= 15 is 0 Å². The average molecular weight is 229 g/mol. The quantitative estimate of drug-likeness (QED) is 0.815. The van der Waals surface area contributed by atoms with Crippen molar-refractivity contribution in [3.05, 3.63) is 60.4 Å². The molecule has 2 amide bonds. The number of carbonyl (C=O) groups excluding carboxylic acids is 1. The van der Waals surface area contributed by atoms with Gasteiger partial charge in [-0.2, -0.15) is 0 Å². The van der Waals surface area contributed by atoms with Crippen LogP contribution in [0.25, 0.3) is 0 Å². The molecule has 0 bridgehead atoms. The molecule has 0 saturated heterocycles. The first-order chi connectivity index (χ1) is 8.24. The standard InChI is InChI=1S/C13H10FN2O/c14-10-6-8-12(9-7-10)16-13(17)15-11-4-2-1-3-5-11/h1-4,6-9H,(H2,15,16,17). The largest absolute Gasteiger partial charge is 0.323 e. The van der Waals surface area contributed by atoms with Crippen molar-refractivity contribution in [3.63, 3.8) is 0 Å². The molecular formula is C13H10FN2O. The highest BCUT2D eigenvalue weighted by atomic mass is 19.1. The second-order valence-electron chi connectivity index (χ2n) is 3.36. The first-order valence-electron chi connectivity index (χ1n) is 5.04. The minimum absolute atomic E-state index is 0.340. The van der Waals surface area contributed by atoms with Gasteiger partial charge < -0.3 is 10.6 Å². The van der Waals surface area contributed by atoms with Crippen molar-refractivity contribution < 1.29 is 9.18 Å². The maximum atomic E-state index is 12.6. The summed E-state index contributed by atoms with van der Waals surface area (Å²) in [6.07, 6.45) is 0. The Morgan fingerprint density at radius 2 is 1.82 bits per heavy atom. The minimum atomic E-state index is -0.390. The lowest BCUT2D eigenvalue weighted by Crippen LogP contribution is -2.19. The summed E-state index contributed by atoms with van der Waals surface area (Å²) < 4.78 is 12.6. The van der Waals surface area contributed by atoms with E-state index in [-0.39, 0.29) is 11.8 Å². The number of anilines is 2. The second-order valence-corrected chi connectivity index (χ2v) is 3.36. The van der Waals surface area contributed by atoms with Crippen LogP contribution in [0.1, 0.15) is 0 Å². The molecule has 0 heterocycles. The molecule has 17 heavy (non-hydrogen) atoms. The molecule has 0 unspecified atom stereocenters. The molecule has 2 aromatic carbocycles. The molecule has 3 nitrogen and oxygen atoms in total. The van der Waals surface area contributed by atoms with Crippen molar-refractivity contribution in [2.75, 3.05) is 10.6 Å². The van der Waals surface area contributed by atoms with Gasteiger partial charge in [0.2, 0.25) is 0 Å². The molecule has 4 heteroatoms. The summed E-state index contributed by atoms with van der Waals surface area (Å²) in [4.78, 5) is 11.5. The number of halogens is 1. The van der Waals surface area contributed by atoms with Gasteiger partial charge in [-0.15, -0.1) is 0 Å². The third-order valence-corrected chi connectivity index (χ3v) is 2.06. The molecule has 0 aliphatic heterocycles. The zero-order chi connectivity index (χ0) is 12.1. The Kier molecular flexibility index (Phi) is 3.35. The molecule has 0 atom stereocenters. The van der Waals surface area contributed by atoms with Crippen LogP contribution in [0.2, 0.25) is 0 Å². The first-order valence-corrected chi connectivity index (χ1v) is 5.04. The molecule has 2 aromatic rings. The SMILES string of the molecule is O=C(Nc1[c]cccc1)Nc1ccc(F)cc1. The van der Waals surface area contributed by atoms with Gasteiger partial charge in [0.25, 0.3) is 0 Å². The highest BCUT2D eigenvalue weighted by molar-refractivity contribution is 5.99. The number of rotatable bonds is 2. The Balaban J connectivity index is 1.96. The third kappa shape index (κ3) is 3.31. The number of amides is 2. The van der Waals surface area contributed by atoms with Crippen molar-refractivity contribution in [3.8, 4) is 0 Å². The number of hydrogen-bond donors (Lipinski definition) is 2. The van der Waals surface area contributed by atoms with E-state index in [2.05, 4.69) is 16.7 Å². The fourth-order valence-electron chi connectivity index (χ4n) is 1.29. The van der Waals surface area contributed by atoms with Crippen LogP contribution in [-0.2, 0) is 0 Å². The molecule has 0 aliphatic rings. The fourth-order valence-corrected chi connectivity index (χ4v) is 1.29. The highest BCUT2D eigenvalue weighted by Gasteiger charge is 2.01. The van der Waals surface area contributed by atoms with Crippen LogP contribution in [0.4, 0.5) is 20.6 Å². The molecular weight excluding hydrogens is 219 g/mol. The van der Waals surface area contributed by atoms with Crippen LogP contribution in [0, 0.1) is 11.9 Å². The van der Waals surface area contributed by atoms with Crippen molar-refractivity contribution in [1.29, 1.82) is 0 Å². The normalized spacial score (nSPS) is 9.71. The summed E-state index contributed by atoms with van der Waals surface area (Å²) in [5.74, 6) is -0.340. The molecule has 0 spiro atoms. The summed E-state index contributed by atoms with van der Waals surface area (Å²) in [5, 5.41) is 5.19. The van der Waals surface area contributed by atoms with Gasteiger partial charge in [0.05, 0.1) is 5.69 Å². The highest BCUT2D eigenvalue weighted by Crippen LogP contribution is 2.09. The maximum absolute atomic E-state index is 12.6. The Morgan fingerprint density at radius 1 is 1.06 bits per heavy atom. The lowest BCUT2D eigenvalue weighted by molar-refractivity contribution is 0.262. The molecule has 0 aliphatic carbocycles. The third-order valence-electron chi connectivity index (χ3n) is 2.06. The minimum Gasteiger partial charge on any atom is -0.308 e. The Bertz CT molecular complexity index is 497. The Morgan fingerprint density at radius 3 is 2.47 bits per heavy atom. The molecule has 0 aromatic heterocycles. The lowest BCUT2D eigenvalue weighted by Gasteiger charge is -2.06. The van der Waals surface area contributed by atoms with E-state index in [0.717, 1.165) is 0 Å². The van der Waals surface area contributed by atoms with Gasteiger partial charge in [-0.25, -0.2) is 9.18 Å². The van der Waals surface area contributed by atoms with Gasteiger partial charge >= 0.3 is 6.03 Å². The maximum Gasteiger partial charge on any atom is 0.323 e. The van der Waals surface area contributed by atoms with E-state index in [0.29, 0.717) is 11.4 Å². The van der Waals surface area contributed by atoms with Gasteiger partial charge in [-0.1, -0.05) is 18.2 Å².